The molecule has 1 amide bonds. The smallest absolute Gasteiger partial charge is 0.222 e. The molecule has 1 unspecified atom stereocenters. The lowest BCUT2D eigenvalue weighted by Gasteiger charge is -2.13. The first-order valence-corrected chi connectivity index (χ1v) is 11.4. The van der Waals surface area contributed by atoms with E-state index in [-0.39, 0.29) is 29.9 Å². The molecule has 144 valence electrons. The van der Waals surface area contributed by atoms with Crippen molar-refractivity contribution in [2.45, 2.75) is 23.8 Å². The predicted molar refractivity (Wildman–Crippen MR) is 106 cm³/mol. The second-order valence-corrected chi connectivity index (χ2v) is 9.40. The molecule has 0 aliphatic carbocycles. The molecule has 1 aromatic carbocycles. The Kier molecular flexibility index (Phi) is 8.24. The fourth-order valence-electron chi connectivity index (χ4n) is 2.58. The van der Waals surface area contributed by atoms with E-state index >= 15 is 0 Å². The van der Waals surface area contributed by atoms with Gasteiger partial charge in [0.25, 0.3) is 0 Å². The number of nitrogens with zero attached hydrogens (tertiary/aromatic N) is 1. The normalized spacial score (nSPS) is 19.1. The van der Waals surface area contributed by atoms with E-state index < -0.39 is 9.84 Å². The highest BCUT2D eigenvalue weighted by atomic mass is 32.2. The number of benzene rings is 1. The van der Waals surface area contributed by atoms with Crippen LogP contribution in [0.4, 0.5) is 0 Å². The van der Waals surface area contributed by atoms with Crippen molar-refractivity contribution in [3.8, 4) is 0 Å². The van der Waals surface area contributed by atoms with Gasteiger partial charge in [-0.3, -0.25) is 9.79 Å². The van der Waals surface area contributed by atoms with Crippen molar-refractivity contribution in [2.75, 3.05) is 37.4 Å². The van der Waals surface area contributed by atoms with Gasteiger partial charge in [-0.05, 0) is 18.6 Å². The first-order chi connectivity index (χ1) is 12.5. The van der Waals surface area contributed by atoms with E-state index in [0.717, 1.165) is 12.3 Å². The van der Waals surface area contributed by atoms with E-state index in [9.17, 15) is 13.2 Å². The SMILES string of the molecule is CN=C(NCCSc1ccccc1)NCCC(=O)NC1CCS(=O)(=O)C1. The van der Waals surface area contributed by atoms with Gasteiger partial charge in [-0.15, -0.1) is 11.8 Å². The molecule has 1 fully saturated rings. The van der Waals surface area contributed by atoms with Gasteiger partial charge in [0.2, 0.25) is 5.91 Å². The number of rotatable bonds is 8. The summed E-state index contributed by atoms with van der Waals surface area (Å²) < 4.78 is 22.8. The van der Waals surface area contributed by atoms with Crippen LogP contribution in [0, 0.1) is 0 Å². The Morgan fingerprint density at radius 3 is 2.62 bits per heavy atom. The van der Waals surface area contributed by atoms with Crippen molar-refractivity contribution in [3.05, 3.63) is 30.3 Å². The molecule has 1 heterocycles. The Labute approximate surface area is 159 Å². The highest BCUT2D eigenvalue weighted by molar-refractivity contribution is 7.99. The molecule has 1 atom stereocenters. The van der Waals surface area contributed by atoms with E-state index in [2.05, 4.69) is 33.1 Å². The highest BCUT2D eigenvalue weighted by Crippen LogP contribution is 2.15. The van der Waals surface area contributed by atoms with E-state index in [1.54, 1.807) is 18.8 Å². The molecule has 0 saturated carbocycles. The van der Waals surface area contributed by atoms with Crippen LogP contribution in [-0.4, -0.2) is 63.7 Å². The molecule has 26 heavy (non-hydrogen) atoms. The second kappa shape index (κ2) is 10.4. The summed E-state index contributed by atoms with van der Waals surface area (Å²) in [4.78, 5) is 17.2. The molecule has 2 rings (SSSR count). The second-order valence-electron chi connectivity index (χ2n) is 6.00. The fraction of sp³-hybridized carbons (Fsp3) is 0.529. The van der Waals surface area contributed by atoms with Crippen LogP contribution in [-0.2, 0) is 14.6 Å². The molecule has 3 N–H and O–H groups in total. The standard InChI is InChI=1S/C17H26N4O3S2/c1-18-17(20-10-11-25-15-5-3-2-4-6-15)19-9-7-16(22)21-14-8-12-26(23,24)13-14/h2-6,14H,7-13H2,1H3,(H,21,22)(H2,18,19,20). The van der Waals surface area contributed by atoms with Crippen LogP contribution in [0.2, 0.25) is 0 Å². The number of sulfone groups is 1. The maximum atomic E-state index is 11.9. The molecule has 0 radical (unpaired) electrons. The molecule has 1 aliphatic rings. The number of thioether (sulfide) groups is 1. The lowest BCUT2D eigenvalue weighted by molar-refractivity contribution is -0.121. The Hall–Kier alpha value is -1.74. The fourth-order valence-corrected chi connectivity index (χ4v) is 5.04. The molecule has 1 aromatic rings. The van der Waals surface area contributed by atoms with Crippen LogP contribution in [0.1, 0.15) is 12.8 Å². The van der Waals surface area contributed by atoms with E-state index in [1.165, 1.54) is 4.90 Å². The number of hydrogen-bond acceptors (Lipinski definition) is 5. The molecular formula is C17H26N4O3S2. The summed E-state index contributed by atoms with van der Waals surface area (Å²) >= 11 is 1.76. The third-order valence-corrected chi connectivity index (χ3v) is 6.65. The first kappa shape index (κ1) is 20.6. The maximum Gasteiger partial charge on any atom is 0.222 e. The summed E-state index contributed by atoms with van der Waals surface area (Å²) in [5, 5.41) is 9.07. The Bertz CT molecular complexity index is 708. The van der Waals surface area contributed by atoms with Gasteiger partial charge in [-0.1, -0.05) is 18.2 Å². The van der Waals surface area contributed by atoms with Gasteiger partial charge < -0.3 is 16.0 Å². The van der Waals surface area contributed by atoms with Crippen molar-refractivity contribution < 1.29 is 13.2 Å². The number of guanidine groups is 1. The molecule has 9 heteroatoms. The van der Waals surface area contributed by atoms with Gasteiger partial charge >= 0.3 is 0 Å². The third kappa shape index (κ3) is 7.65. The number of carbonyl (C=O) groups is 1. The van der Waals surface area contributed by atoms with Crippen LogP contribution in [0.3, 0.4) is 0 Å². The van der Waals surface area contributed by atoms with Crippen LogP contribution in [0.15, 0.2) is 40.2 Å². The van der Waals surface area contributed by atoms with Gasteiger partial charge in [-0.2, -0.15) is 0 Å². The zero-order valence-corrected chi connectivity index (χ0v) is 16.5. The quantitative estimate of drug-likeness (QED) is 0.257. The minimum atomic E-state index is -2.97. The van der Waals surface area contributed by atoms with Crippen molar-refractivity contribution in [2.24, 2.45) is 4.99 Å². The van der Waals surface area contributed by atoms with E-state index in [4.69, 9.17) is 0 Å². The van der Waals surface area contributed by atoms with Crippen molar-refractivity contribution in [3.63, 3.8) is 0 Å². The van der Waals surface area contributed by atoms with Crippen molar-refractivity contribution in [1.82, 2.24) is 16.0 Å². The van der Waals surface area contributed by atoms with E-state index in [0.29, 0.717) is 18.9 Å². The maximum absolute atomic E-state index is 11.9. The zero-order chi connectivity index (χ0) is 18.8. The lowest BCUT2D eigenvalue weighted by atomic mass is 10.2. The van der Waals surface area contributed by atoms with Gasteiger partial charge in [0.1, 0.15) is 0 Å². The Morgan fingerprint density at radius 2 is 1.96 bits per heavy atom. The molecule has 1 aliphatic heterocycles. The number of aliphatic imine (C=N–C) groups is 1. The van der Waals surface area contributed by atoms with Gasteiger partial charge in [0.05, 0.1) is 11.5 Å². The third-order valence-electron chi connectivity index (χ3n) is 3.87. The monoisotopic (exact) mass is 398 g/mol. The minimum absolute atomic E-state index is 0.0501. The Balaban J connectivity index is 1.57. The summed E-state index contributed by atoms with van der Waals surface area (Å²) in [6.07, 6.45) is 0.778. The minimum Gasteiger partial charge on any atom is -0.356 e. The summed E-state index contributed by atoms with van der Waals surface area (Å²) in [6, 6.07) is 9.93. The Morgan fingerprint density at radius 1 is 1.23 bits per heavy atom. The largest absolute Gasteiger partial charge is 0.356 e. The zero-order valence-electron chi connectivity index (χ0n) is 14.9. The number of amides is 1. The predicted octanol–water partition coefficient (Wildman–Crippen LogP) is 0.637. The molecule has 1 saturated heterocycles. The number of carbonyl (C=O) groups excluding carboxylic acids is 1. The highest BCUT2D eigenvalue weighted by Gasteiger charge is 2.28. The molecule has 0 spiro atoms. The van der Waals surface area contributed by atoms with Crippen LogP contribution < -0.4 is 16.0 Å². The average molecular weight is 399 g/mol. The molecular weight excluding hydrogens is 372 g/mol. The van der Waals surface area contributed by atoms with Gasteiger partial charge in [-0.25, -0.2) is 8.42 Å². The summed E-state index contributed by atoms with van der Waals surface area (Å²) in [7, 11) is -1.29. The first-order valence-electron chi connectivity index (χ1n) is 8.60. The summed E-state index contributed by atoms with van der Waals surface area (Å²) in [5.74, 6) is 1.62. The van der Waals surface area contributed by atoms with Crippen LogP contribution in [0.5, 0.6) is 0 Å². The topological polar surface area (TPSA) is 99.7 Å². The van der Waals surface area contributed by atoms with Crippen molar-refractivity contribution in [1.29, 1.82) is 0 Å². The van der Waals surface area contributed by atoms with Crippen LogP contribution in [0.25, 0.3) is 0 Å². The summed E-state index contributed by atoms with van der Waals surface area (Å²) in [5.41, 5.74) is 0. The number of nitrogens with one attached hydrogen (secondary N) is 3. The average Bonchev–Trinajstić information content (AvgIpc) is 2.96. The lowest BCUT2D eigenvalue weighted by Crippen LogP contribution is -2.41. The number of hydrogen-bond donors (Lipinski definition) is 3. The molecule has 0 bridgehead atoms. The molecule has 0 aromatic heterocycles. The van der Waals surface area contributed by atoms with Crippen LogP contribution >= 0.6 is 11.8 Å². The van der Waals surface area contributed by atoms with Gasteiger partial charge in [0.15, 0.2) is 15.8 Å². The summed E-state index contributed by atoms with van der Waals surface area (Å²) in [6.45, 7) is 1.20. The van der Waals surface area contributed by atoms with Gasteiger partial charge in [0, 0.05) is 43.2 Å². The van der Waals surface area contributed by atoms with Crippen molar-refractivity contribution >= 4 is 33.5 Å². The van der Waals surface area contributed by atoms with E-state index in [1.807, 2.05) is 18.2 Å². The molecule has 7 nitrogen and oxygen atoms in total.